The summed E-state index contributed by atoms with van der Waals surface area (Å²) in [5.41, 5.74) is -1.24. The quantitative estimate of drug-likeness (QED) is 0.756. The van der Waals surface area contributed by atoms with Gasteiger partial charge in [0.15, 0.2) is 10.9 Å². The Balaban J connectivity index is 1.97. The van der Waals surface area contributed by atoms with E-state index < -0.39 is 15.7 Å². The highest BCUT2D eigenvalue weighted by molar-refractivity contribution is 8.14. The Morgan fingerprint density at radius 1 is 1.27 bits per heavy atom. The van der Waals surface area contributed by atoms with Crippen LogP contribution in [0.3, 0.4) is 0 Å². The van der Waals surface area contributed by atoms with Crippen LogP contribution in [0.5, 0.6) is 0 Å². The molecule has 1 unspecified atom stereocenters. The van der Waals surface area contributed by atoms with Gasteiger partial charge in [-0.3, -0.25) is 4.99 Å². The van der Waals surface area contributed by atoms with Crippen LogP contribution < -0.4 is 5.14 Å². The molecule has 0 aromatic heterocycles. The normalized spacial score (nSPS) is 26.7. The molecule has 0 amide bonds. The fourth-order valence-corrected chi connectivity index (χ4v) is 6.04. The van der Waals surface area contributed by atoms with Gasteiger partial charge >= 0.3 is 0 Å². The number of benzene rings is 1. The molecule has 0 spiro atoms. The zero-order valence-corrected chi connectivity index (χ0v) is 17.4. The smallest absolute Gasteiger partial charge is 0.239 e. The first-order valence-corrected chi connectivity index (χ1v) is 11.6. The number of sulfonamides is 1. The first-order chi connectivity index (χ1) is 12.1. The highest BCUT2D eigenvalue weighted by atomic mass is 35.5. The minimum absolute atomic E-state index is 0.0748. The van der Waals surface area contributed by atoms with E-state index in [1.165, 1.54) is 43.2 Å². The predicted octanol–water partition coefficient (Wildman–Crippen LogP) is 3.15. The van der Waals surface area contributed by atoms with Crippen molar-refractivity contribution in [3.05, 3.63) is 27.7 Å². The molecular weight excluding hydrogens is 417 g/mol. The zero-order valence-electron chi connectivity index (χ0n) is 14.3. The van der Waals surface area contributed by atoms with Gasteiger partial charge in [-0.05, 0) is 25.0 Å². The Morgan fingerprint density at radius 2 is 1.92 bits per heavy atom. The van der Waals surface area contributed by atoms with Crippen LogP contribution in [-0.4, -0.2) is 42.4 Å². The van der Waals surface area contributed by atoms with E-state index >= 15 is 0 Å². The third kappa shape index (κ3) is 3.86. The van der Waals surface area contributed by atoms with Gasteiger partial charge in [0.2, 0.25) is 10.0 Å². The second kappa shape index (κ2) is 7.48. The summed E-state index contributed by atoms with van der Waals surface area (Å²) in [4.78, 5) is 6.17. The van der Waals surface area contributed by atoms with Gasteiger partial charge in [-0.1, -0.05) is 54.2 Å². The lowest BCUT2D eigenvalue weighted by Gasteiger charge is -2.33. The van der Waals surface area contributed by atoms with Crippen molar-refractivity contribution in [3.63, 3.8) is 0 Å². The molecule has 3 rings (SSSR count). The summed E-state index contributed by atoms with van der Waals surface area (Å²) >= 11 is 13.7. The lowest BCUT2D eigenvalue weighted by molar-refractivity contribution is -0.0350. The first-order valence-electron chi connectivity index (χ1n) is 8.32. The molecule has 0 bridgehead atoms. The van der Waals surface area contributed by atoms with Gasteiger partial charge in [-0.15, -0.1) is 0 Å². The molecule has 0 radical (unpaired) electrons. The number of hydrogen-bond acceptors (Lipinski definition) is 5. The van der Waals surface area contributed by atoms with Gasteiger partial charge < -0.3 is 10.0 Å². The number of amidine groups is 1. The van der Waals surface area contributed by atoms with Crippen molar-refractivity contribution in [2.45, 2.75) is 48.8 Å². The number of halogens is 2. The van der Waals surface area contributed by atoms with Crippen LogP contribution in [0, 0.1) is 0 Å². The standard InChI is InChI=1S/C16H21Cl2N3O3S2/c1-21-15(20-10-5-3-2-4-6-10)25-9-16(21,22)11-7-14(26(19,23)24)13(18)8-12(11)17/h7-8,10,22H,2-6,9H2,1H3,(H2,19,23,24). The second-order valence-electron chi connectivity index (χ2n) is 6.68. The Labute approximate surface area is 167 Å². The molecule has 10 heteroatoms. The van der Waals surface area contributed by atoms with E-state index in [1.54, 1.807) is 11.9 Å². The van der Waals surface area contributed by atoms with Crippen molar-refractivity contribution in [2.24, 2.45) is 10.1 Å². The minimum Gasteiger partial charge on any atom is -0.366 e. The highest BCUT2D eigenvalue weighted by Gasteiger charge is 2.44. The predicted molar refractivity (Wildman–Crippen MR) is 106 cm³/mol. The summed E-state index contributed by atoms with van der Waals surface area (Å²) in [5, 5.41) is 17.3. The fourth-order valence-electron chi connectivity index (χ4n) is 3.32. The summed E-state index contributed by atoms with van der Waals surface area (Å²) in [6.45, 7) is 0. The van der Waals surface area contributed by atoms with Crippen LogP contribution in [0.25, 0.3) is 0 Å². The van der Waals surface area contributed by atoms with E-state index in [0.717, 1.165) is 18.0 Å². The Morgan fingerprint density at radius 3 is 2.54 bits per heavy atom. The number of nitrogens with two attached hydrogens (primary N) is 1. The van der Waals surface area contributed by atoms with Crippen LogP contribution in [0.15, 0.2) is 22.0 Å². The van der Waals surface area contributed by atoms with E-state index in [4.69, 9.17) is 33.3 Å². The summed E-state index contributed by atoms with van der Waals surface area (Å²) in [5.74, 6) is 0.278. The maximum Gasteiger partial charge on any atom is 0.239 e. The number of primary sulfonamides is 1. The molecule has 3 N–H and O–H groups in total. The summed E-state index contributed by atoms with van der Waals surface area (Å²) < 4.78 is 23.5. The number of aliphatic imine (C=N–C) groups is 1. The molecule has 144 valence electrons. The number of nitrogens with zero attached hydrogens (tertiary/aromatic N) is 2. The SMILES string of the molecule is CN1C(=NC2CCCCC2)SCC1(O)c1cc(S(N)(=O)=O)c(Cl)cc1Cl. The maximum absolute atomic E-state index is 11.8. The average molecular weight is 438 g/mol. The molecule has 2 aliphatic rings. The Kier molecular flexibility index (Phi) is 5.82. The first kappa shape index (κ1) is 20.2. The number of aliphatic hydroxyl groups is 1. The largest absolute Gasteiger partial charge is 0.366 e. The van der Waals surface area contributed by atoms with Crippen molar-refractivity contribution >= 4 is 50.2 Å². The Bertz CT molecular complexity index is 841. The van der Waals surface area contributed by atoms with Crippen molar-refractivity contribution in [3.8, 4) is 0 Å². The van der Waals surface area contributed by atoms with Crippen molar-refractivity contribution < 1.29 is 13.5 Å². The third-order valence-corrected chi connectivity index (χ3v) is 7.74. The molecule has 1 heterocycles. The van der Waals surface area contributed by atoms with Crippen LogP contribution >= 0.6 is 35.0 Å². The molecule has 2 fully saturated rings. The molecule has 1 saturated heterocycles. The summed E-state index contributed by atoms with van der Waals surface area (Å²) in [6, 6.07) is 2.81. The molecule has 1 atom stereocenters. The van der Waals surface area contributed by atoms with Gasteiger partial charge in [-0.25, -0.2) is 13.6 Å². The lowest BCUT2D eigenvalue weighted by Crippen LogP contribution is -2.43. The van der Waals surface area contributed by atoms with Crippen molar-refractivity contribution in [1.82, 2.24) is 4.90 Å². The molecule has 1 aromatic carbocycles. The molecule has 1 aliphatic heterocycles. The Hall–Kier alpha value is -0.510. The van der Waals surface area contributed by atoms with E-state index in [0.29, 0.717) is 0 Å². The lowest BCUT2D eigenvalue weighted by atomic mass is 9.96. The zero-order chi connectivity index (χ0) is 19.1. The molecule has 1 aromatic rings. The molecular formula is C16H21Cl2N3O3S2. The molecule has 1 aliphatic carbocycles. The van der Waals surface area contributed by atoms with E-state index in [1.807, 2.05) is 0 Å². The highest BCUT2D eigenvalue weighted by Crippen LogP contribution is 2.43. The molecule has 26 heavy (non-hydrogen) atoms. The molecule has 6 nitrogen and oxygen atoms in total. The van der Waals surface area contributed by atoms with Gasteiger partial charge in [0.1, 0.15) is 4.90 Å². The van der Waals surface area contributed by atoms with Gasteiger partial charge in [0.25, 0.3) is 0 Å². The van der Waals surface area contributed by atoms with E-state index in [-0.39, 0.29) is 32.3 Å². The summed E-state index contributed by atoms with van der Waals surface area (Å²) in [7, 11) is -2.31. The van der Waals surface area contributed by atoms with E-state index in [2.05, 4.69) is 0 Å². The maximum atomic E-state index is 11.8. The fraction of sp³-hybridized carbons (Fsp3) is 0.562. The van der Waals surface area contributed by atoms with Crippen LogP contribution in [0.1, 0.15) is 37.7 Å². The van der Waals surface area contributed by atoms with Crippen molar-refractivity contribution in [2.75, 3.05) is 12.8 Å². The van der Waals surface area contributed by atoms with Gasteiger partial charge in [0.05, 0.1) is 21.8 Å². The van der Waals surface area contributed by atoms with Crippen LogP contribution in [0.2, 0.25) is 10.0 Å². The van der Waals surface area contributed by atoms with Gasteiger partial charge in [0, 0.05) is 12.6 Å². The van der Waals surface area contributed by atoms with Gasteiger partial charge in [-0.2, -0.15) is 0 Å². The number of thioether (sulfide) groups is 1. The number of hydrogen-bond donors (Lipinski definition) is 2. The number of rotatable bonds is 3. The summed E-state index contributed by atoms with van der Waals surface area (Å²) in [6.07, 6.45) is 5.67. The van der Waals surface area contributed by atoms with Crippen LogP contribution in [-0.2, 0) is 15.7 Å². The topological polar surface area (TPSA) is 96.0 Å². The molecule has 1 saturated carbocycles. The average Bonchev–Trinajstić information content (AvgIpc) is 2.84. The second-order valence-corrected chi connectivity index (χ2v) is 9.96. The van der Waals surface area contributed by atoms with Crippen molar-refractivity contribution in [1.29, 1.82) is 0 Å². The third-order valence-electron chi connectivity index (χ3n) is 4.87. The monoisotopic (exact) mass is 437 g/mol. The van der Waals surface area contributed by atoms with Crippen LogP contribution in [0.4, 0.5) is 0 Å². The van der Waals surface area contributed by atoms with E-state index in [9.17, 15) is 13.5 Å². The minimum atomic E-state index is -4.04.